The van der Waals surface area contributed by atoms with Crippen molar-refractivity contribution >= 4 is 64.7 Å². The fourth-order valence-corrected chi connectivity index (χ4v) is 8.07. The number of aromatic nitrogens is 2. The quantitative estimate of drug-likeness (QED) is 0.0301. The largest absolute Gasteiger partial charge is 0.490 e. The SMILES string of the molecule is C[C@H](NC(=O)CCNC(=O)[C@@H](N)CCN(C(=O)CO)[C@@H](c1nc(-c2cc(F)ccc2F)cn1Cc1ccccc1)C(C)(C)C)C(=O)N(c1ccc(N2C(=O)C=CC2=O)cc1)[C@@H](CCCNC(N)=O)C(N)=O.O=C(O)C(F)(F)F. The predicted molar refractivity (Wildman–Crippen MR) is 271 cm³/mol. The lowest BCUT2D eigenvalue weighted by Gasteiger charge is -2.40. The number of hydrogen-bond donors (Lipinski definition) is 8. The van der Waals surface area contributed by atoms with Gasteiger partial charge in [-0.1, -0.05) is 51.1 Å². The first-order valence-corrected chi connectivity index (χ1v) is 24.0. The van der Waals surface area contributed by atoms with Crippen molar-refractivity contribution in [1.29, 1.82) is 0 Å². The number of alkyl halides is 3. The van der Waals surface area contributed by atoms with E-state index in [0.29, 0.717) is 5.82 Å². The number of nitrogens with zero attached hydrogens (tertiary/aromatic N) is 5. The molecule has 4 atom stereocenters. The van der Waals surface area contributed by atoms with E-state index in [0.717, 1.165) is 45.7 Å². The molecular formula is C51H60F5N11O11. The lowest BCUT2D eigenvalue weighted by atomic mass is 9.84. The molecule has 0 saturated heterocycles. The van der Waals surface area contributed by atoms with Crippen molar-refractivity contribution in [3.05, 3.63) is 114 Å². The van der Waals surface area contributed by atoms with Gasteiger partial charge >= 0.3 is 18.2 Å². The fraction of sp³-hybridized carbons (Fsp3) is 0.373. The molecule has 2 heterocycles. The number of carboxylic acids is 1. The summed E-state index contributed by atoms with van der Waals surface area (Å²) in [5.74, 6) is -8.75. The minimum atomic E-state index is -5.08. The Balaban J connectivity index is 0.00000175. The lowest BCUT2D eigenvalue weighted by molar-refractivity contribution is -0.192. The molecule has 5 rings (SSSR count). The number of imidazole rings is 1. The third-order valence-corrected chi connectivity index (χ3v) is 11.7. The molecule has 0 bridgehead atoms. The van der Waals surface area contributed by atoms with E-state index in [-0.39, 0.29) is 74.5 Å². The maximum Gasteiger partial charge on any atom is 0.490 e. The first-order chi connectivity index (χ1) is 36.5. The van der Waals surface area contributed by atoms with E-state index in [4.69, 9.17) is 32.1 Å². The van der Waals surface area contributed by atoms with Gasteiger partial charge in [0.2, 0.25) is 29.5 Å². The van der Waals surface area contributed by atoms with Crippen molar-refractivity contribution < 1.29 is 75.3 Å². The van der Waals surface area contributed by atoms with Crippen LogP contribution in [0.4, 0.5) is 38.1 Å². The van der Waals surface area contributed by atoms with Crippen LogP contribution in [0.2, 0.25) is 0 Å². The zero-order valence-electron chi connectivity index (χ0n) is 42.8. The Morgan fingerprint density at radius 3 is 2.01 bits per heavy atom. The van der Waals surface area contributed by atoms with Crippen molar-refractivity contribution in [2.45, 2.75) is 90.3 Å². The van der Waals surface area contributed by atoms with Crippen LogP contribution in [0, 0.1) is 17.0 Å². The number of primary amides is 2. The summed E-state index contributed by atoms with van der Waals surface area (Å²) in [6.45, 7) is 5.88. The van der Waals surface area contributed by atoms with Gasteiger partial charge in [-0.15, -0.1) is 0 Å². The number of urea groups is 1. The Morgan fingerprint density at radius 2 is 1.46 bits per heavy atom. The number of aliphatic hydroxyl groups excluding tert-OH is 1. The van der Waals surface area contributed by atoms with Gasteiger partial charge in [0.25, 0.3) is 11.8 Å². The highest BCUT2D eigenvalue weighted by molar-refractivity contribution is 6.28. The molecule has 1 aliphatic heterocycles. The highest BCUT2D eigenvalue weighted by Crippen LogP contribution is 2.40. The van der Waals surface area contributed by atoms with Gasteiger partial charge in [-0.2, -0.15) is 13.2 Å². The number of nitrogens with two attached hydrogens (primary N) is 3. The number of imide groups is 1. The molecule has 0 unspecified atom stereocenters. The smallest absolute Gasteiger partial charge is 0.475 e. The second-order valence-electron chi connectivity index (χ2n) is 18.7. The number of halogens is 5. The van der Waals surface area contributed by atoms with Crippen LogP contribution in [0.25, 0.3) is 11.3 Å². The number of anilines is 2. The lowest BCUT2D eigenvalue weighted by Crippen LogP contribution is -2.55. The van der Waals surface area contributed by atoms with Gasteiger partial charge in [-0.25, -0.2) is 28.3 Å². The number of carboxylic acid groups (broad SMARTS) is 1. The first kappa shape index (κ1) is 62.0. The van der Waals surface area contributed by atoms with Crippen LogP contribution in [-0.4, -0.2) is 129 Å². The maximum atomic E-state index is 15.1. The monoisotopic (exact) mass is 1100 g/mol. The van der Waals surface area contributed by atoms with Crippen LogP contribution in [-0.2, 0) is 44.9 Å². The fourth-order valence-electron chi connectivity index (χ4n) is 8.07. The average molecular weight is 1100 g/mol. The summed E-state index contributed by atoms with van der Waals surface area (Å²) in [6, 6.07) is 12.4. The minimum Gasteiger partial charge on any atom is -0.475 e. The number of benzene rings is 3. The highest BCUT2D eigenvalue weighted by Gasteiger charge is 2.40. The van der Waals surface area contributed by atoms with Gasteiger partial charge < -0.3 is 52.8 Å². The van der Waals surface area contributed by atoms with Gasteiger partial charge in [0.1, 0.15) is 36.1 Å². The molecule has 420 valence electrons. The summed E-state index contributed by atoms with van der Waals surface area (Å²) >= 11 is 0. The number of aliphatic carboxylic acids is 1. The van der Waals surface area contributed by atoms with E-state index in [9.17, 15) is 61.0 Å². The Morgan fingerprint density at radius 1 is 0.846 bits per heavy atom. The van der Waals surface area contributed by atoms with E-state index in [2.05, 4.69) is 16.0 Å². The zero-order chi connectivity index (χ0) is 58.2. The Labute approximate surface area is 443 Å². The average Bonchev–Trinajstić information content (AvgIpc) is 3.93. The first-order valence-electron chi connectivity index (χ1n) is 24.0. The number of rotatable bonds is 23. The summed E-state index contributed by atoms with van der Waals surface area (Å²) in [6.07, 6.45) is -1.63. The van der Waals surface area contributed by atoms with Crippen LogP contribution in [0.1, 0.15) is 70.8 Å². The van der Waals surface area contributed by atoms with Gasteiger partial charge in [0, 0.05) is 62.2 Å². The molecule has 0 spiro atoms. The number of amides is 9. The van der Waals surface area contributed by atoms with Gasteiger partial charge in [-0.05, 0) is 79.6 Å². The van der Waals surface area contributed by atoms with Gasteiger partial charge in [0.05, 0.1) is 23.5 Å². The Kier molecular flexibility index (Phi) is 21.8. The molecule has 0 fully saturated rings. The molecule has 78 heavy (non-hydrogen) atoms. The van der Waals surface area contributed by atoms with Crippen LogP contribution in [0.3, 0.4) is 0 Å². The van der Waals surface area contributed by atoms with Crippen molar-refractivity contribution in [2.75, 3.05) is 36.0 Å². The second kappa shape index (κ2) is 27.5. The molecule has 0 radical (unpaired) electrons. The molecule has 0 aliphatic carbocycles. The van der Waals surface area contributed by atoms with Crippen LogP contribution < -0.4 is 43.0 Å². The standard InChI is InChI=1S/C49H59F2N11O9.C2HF3O2/c1-29(47(70)61(38(44(53)68)11-8-22-56-48(54)71)32-13-15-33(16-14-32)62-40(65)18-19-41(62)66)57-39(64)20-23-55-46(69)36(52)21-24-60(42(67)28-63)43(49(2,3)4)45-58-37(34-25-31(50)12-17-35(34)51)27-59(45)26-30-9-6-5-7-10-30;3-2(4,5)1(6)7/h5-7,9-10,12-19,25,27,29,36,38,43,63H,8,11,20-24,26,28,52H2,1-4H3,(H2,53,68)(H,55,69)(H,57,64)(H3,54,56,71);(H,6,7)/t29-,36-,38-,43-;/m0./s1. The third-order valence-electron chi connectivity index (χ3n) is 11.7. The highest BCUT2D eigenvalue weighted by atomic mass is 19.4. The van der Waals surface area contributed by atoms with E-state index < -0.39 is 107 Å². The van der Waals surface area contributed by atoms with Crippen molar-refractivity contribution in [3.8, 4) is 11.3 Å². The summed E-state index contributed by atoms with van der Waals surface area (Å²) in [7, 11) is 0. The summed E-state index contributed by atoms with van der Waals surface area (Å²) < 4.78 is 63.0. The molecular weight excluding hydrogens is 1040 g/mol. The minimum absolute atomic E-state index is 0.0384. The number of hydrogen-bond acceptors (Lipinski definition) is 12. The van der Waals surface area contributed by atoms with Crippen LogP contribution in [0.15, 0.2) is 91.1 Å². The molecule has 3 aromatic carbocycles. The molecule has 11 N–H and O–H groups in total. The normalized spacial score (nSPS) is 13.8. The number of carbonyl (C=O) groups is 9. The van der Waals surface area contributed by atoms with E-state index in [1.807, 2.05) is 51.1 Å². The Bertz CT molecular complexity index is 2840. The Hall–Kier alpha value is -8.59. The topological polar surface area (TPSA) is 336 Å². The van der Waals surface area contributed by atoms with Crippen molar-refractivity contribution in [3.63, 3.8) is 0 Å². The molecule has 27 heteroatoms. The molecule has 0 saturated carbocycles. The molecule has 1 aliphatic rings. The maximum absolute atomic E-state index is 15.1. The van der Waals surface area contributed by atoms with Crippen molar-refractivity contribution in [2.24, 2.45) is 22.6 Å². The van der Waals surface area contributed by atoms with Crippen molar-refractivity contribution in [1.82, 2.24) is 30.4 Å². The predicted octanol–water partition coefficient (Wildman–Crippen LogP) is 2.91. The van der Waals surface area contributed by atoms with E-state index in [1.54, 1.807) is 10.8 Å². The number of nitrogens with one attached hydrogen (secondary N) is 3. The number of carbonyl (C=O) groups excluding carboxylic acids is 8. The molecule has 22 nitrogen and oxygen atoms in total. The summed E-state index contributed by atoms with van der Waals surface area (Å²) in [5.41, 5.74) is 17.7. The van der Waals surface area contributed by atoms with Gasteiger partial charge in [0.15, 0.2) is 0 Å². The molecule has 4 aromatic rings. The van der Waals surface area contributed by atoms with Gasteiger partial charge in [-0.3, -0.25) is 38.5 Å². The molecule has 9 amide bonds. The third kappa shape index (κ3) is 17.2. The van der Waals surface area contributed by atoms with Crippen LogP contribution in [0.5, 0.6) is 0 Å². The zero-order valence-corrected chi connectivity index (χ0v) is 42.8. The van der Waals surface area contributed by atoms with E-state index in [1.165, 1.54) is 36.1 Å². The number of aliphatic hydroxyl groups is 1. The van der Waals surface area contributed by atoms with E-state index >= 15 is 4.39 Å². The molecule has 1 aromatic heterocycles. The summed E-state index contributed by atoms with van der Waals surface area (Å²) in [5, 5.41) is 24.8. The summed E-state index contributed by atoms with van der Waals surface area (Å²) in [4.78, 5) is 120. The van der Waals surface area contributed by atoms with Crippen LogP contribution >= 0.6 is 0 Å². The second-order valence-corrected chi connectivity index (χ2v) is 18.7.